The summed E-state index contributed by atoms with van der Waals surface area (Å²) in [5.74, 6) is 1.03. The van der Waals surface area contributed by atoms with Crippen LogP contribution in [0.3, 0.4) is 0 Å². The Morgan fingerprint density at radius 3 is 2.55 bits per heavy atom. The highest BCUT2D eigenvalue weighted by Gasteiger charge is 2.19. The fourth-order valence-electron chi connectivity index (χ4n) is 4.49. The third kappa shape index (κ3) is 4.21. The highest BCUT2D eigenvalue weighted by atomic mass is 16.5. The standard InChI is InChI=1S/C24H28N4O/c1-26-14-20(13-25-26)16-28-10-11-29-24-7-6-19(12-23(24)18-28)15-27-9-8-21-4-2-3-5-22(21)17-27/h2-7,12-14H,8-11,15-18H2,1H3. The Bertz CT molecular complexity index is 996. The van der Waals surface area contributed by atoms with Crippen LogP contribution in [0.5, 0.6) is 5.75 Å². The third-order valence-electron chi connectivity index (χ3n) is 5.96. The zero-order chi connectivity index (χ0) is 19.6. The molecule has 5 rings (SSSR count). The molecule has 3 aromatic rings. The SMILES string of the molecule is Cn1cc(CN2CCOc3ccc(CN4CCc5ccccc5C4)cc3C2)cn1. The van der Waals surface area contributed by atoms with Crippen molar-refractivity contribution in [2.45, 2.75) is 32.6 Å². The van der Waals surface area contributed by atoms with Crippen molar-refractivity contribution in [2.24, 2.45) is 7.05 Å². The Morgan fingerprint density at radius 2 is 1.69 bits per heavy atom. The van der Waals surface area contributed by atoms with Gasteiger partial charge in [-0.15, -0.1) is 0 Å². The van der Waals surface area contributed by atoms with Gasteiger partial charge in [0.05, 0.1) is 6.20 Å². The molecule has 2 aliphatic heterocycles. The summed E-state index contributed by atoms with van der Waals surface area (Å²) in [6.07, 6.45) is 5.19. The van der Waals surface area contributed by atoms with Crippen LogP contribution in [0.2, 0.25) is 0 Å². The molecular weight excluding hydrogens is 360 g/mol. The first-order valence-corrected chi connectivity index (χ1v) is 10.5. The average molecular weight is 389 g/mol. The van der Waals surface area contributed by atoms with E-state index in [1.807, 2.05) is 17.9 Å². The van der Waals surface area contributed by atoms with E-state index in [0.717, 1.165) is 58.0 Å². The summed E-state index contributed by atoms with van der Waals surface area (Å²) in [5.41, 5.74) is 6.89. The van der Waals surface area contributed by atoms with E-state index < -0.39 is 0 Å². The molecule has 0 N–H and O–H groups in total. The molecule has 29 heavy (non-hydrogen) atoms. The minimum atomic E-state index is 0.732. The molecule has 2 aliphatic rings. The summed E-state index contributed by atoms with van der Waals surface area (Å²) in [7, 11) is 1.97. The molecule has 0 amide bonds. The van der Waals surface area contributed by atoms with Crippen LogP contribution in [-0.2, 0) is 39.6 Å². The lowest BCUT2D eigenvalue weighted by atomic mass is 9.99. The van der Waals surface area contributed by atoms with E-state index in [1.165, 1.54) is 27.8 Å². The van der Waals surface area contributed by atoms with Crippen molar-refractivity contribution in [1.82, 2.24) is 19.6 Å². The van der Waals surface area contributed by atoms with Gasteiger partial charge < -0.3 is 4.74 Å². The van der Waals surface area contributed by atoms with Gasteiger partial charge in [-0.2, -0.15) is 5.10 Å². The van der Waals surface area contributed by atoms with Gasteiger partial charge in [0.2, 0.25) is 0 Å². The fourth-order valence-corrected chi connectivity index (χ4v) is 4.49. The second kappa shape index (κ2) is 8.01. The molecule has 0 saturated heterocycles. The minimum absolute atomic E-state index is 0.732. The van der Waals surface area contributed by atoms with E-state index in [2.05, 4.69) is 63.6 Å². The van der Waals surface area contributed by atoms with Gasteiger partial charge in [-0.3, -0.25) is 14.5 Å². The number of aromatic nitrogens is 2. The Morgan fingerprint density at radius 1 is 0.897 bits per heavy atom. The van der Waals surface area contributed by atoms with Crippen molar-refractivity contribution in [1.29, 1.82) is 0 Å². The Labute approximate surface area is 172 Å². The lowest BCUT2D eigenvalue weighted by molar-refractivity contribution is 0.219. The maximum absolute atomic E-state index is 6.04. The number of nitrogens with zero attached hydrogens (tertiary/aromatic N) is 4. The van der Waals surface area contributed by atoms with Crippen LogP contribution in [0.1, 0.15) is 27.8 Å². The zero-order valence-electron chi connectivity index (χ0n) is 17.1. The van der Waals surface area contributed by atoms with Gasteiger partial charge in [0.1, 0.15) is 12.4 Å². The predicted molar refractivity (Wildman–Crippen MR) is 114 cm³/mol. The smallest absolute Gasteiger partial charge is 0.123 e. The van der Waals surface area contributed by atoms with Crippen molar-refractivity contribution < 1.29 is 4.74 Å². The van der Waals surface area contributed by atoms with Crippen LogP contribution in [0.25, 0.3) is 0 Å². The van der Waals surface area contributed by atoms with E-state index in [-0.39, 0.29) is 0 Å². The molecule has 0 spiro atoms. The van der Waals surface area contributed by atoms with Crippen LogP contribution < -0.4 is 4.74 Å². The van der Waals surface area contributed by atoms with Gasteiger partial charge >= 0.3 is 0 Å². The molecule has 5 heteroatoms. The normalized spacial score (nSPS) is 17.3. The summed E-state index contributed by atoms with van der Waals surface area (Å²) in [6.45, 7) is 6.64. The highest BCUT2D eigenvalue weighted by Crippen LogP contribution is 2.27. The van der Waals surface area contributed by atoms with Crippen molar-refractivity contribution in [3.63, 3.8) is 0 Å². The summed E-state index contributed by atoms with van der Waals surface area (Å²) < 4.78 is 7.90. The van der Waals surface area contributed by atoms with Gasteiger partial charge in [-0.25, -0.2) is 0 Å². The monoisotopic (exact) mass is 388 g/mol. The molecule has 3 heterocycles. The Kier molecular flexibility index (Phi) is 5.08. The molecule has 0 unspecified atom stereocenters. The molecule has 0 atom stereocenters. The third-order valence-corrected chi connectivity index (χ3v) is 5.96. The van der Waals surface area contributed by atoms with Gasteiger partial charge in [-0.05, 0) is 35.2 Å². The number of benzene rings is 2. The number of hydrogen-bond donors (Lipinski definition) is 0. The van der Waals surface area contributed by atoms with Crippen molar-refractivity contribution in [2.75, 3.05) is 19.7 Å². The van der Waals surface area contributed by atoms with E-state index in [9.17, 15) is 0 Å². The van der Waals surface area contributed by atoms with Gasteiger partial charge in [0, 0.05) is 63.6 Å². The number of aryl methyl sites for hydroxylation is 1. The molecule has 2 aromatic carbocycles. The number of ether oxygens (including phenoxy) is 1. The van der Waals surface area contributed by atoms with Crippen LogP contribution in [0, 0.1) is 0 Å². The van der Waals surface area contributed by atoms with Crippen LogP contribution in [0.4, 0.5) is 0 Å². The lowest BCUT2D eigenvalue weighted by Crippen LogP contribution is -2.30. The second-order valence-electron chi connectivity index (χ2n) is 8.25. The van der Waals surface area contributed by atoms with E-state index in [1.54, 1.807) is 0 Å². The molecule has 0 bridgehead atoms. The van der Waals surface area contributed by atoms with Crippen molar-refractivity contribution in [3.8, 4) is 5.75 Å². The molecule has 150 valence electrons. The first-order valence-electron chi connectivity index (χ1n) is 10.5. The summed E-state index contributed by atoms with van der Waals surface area (Å²) in [6, 6.07) is 15.6. The molecular formula is C24H28N4O. The molecule has 0 fully saturated rings. The Hall–Kier alpha value is -2.63. The van der Waals surface area contributed by atoms with E-state index >= 15 is 0 Å². The van der Waals surface area contributed by atoms with Crippen LogP contribution in [-0.4, -0.2) is 39.3 Å². The predicted octanol–water partition coefficient (Wildman–Crippen LogP) is 3.37. The van der Waals surface area contributed by atoms with Gasteiger partial charge in [-0.1, -0.05) is 30.3 Å². The summed E-state index contributed by atoms with van der Waals surface area (Å²) in [5, 5.41) is 4.30. The quantitative estimate of drug-likeness (QED) is 0.686. The first kappa shape index (κ1) is 18.4. The number of hydrogen-bond acceptors (Lipinski definition) is 4. The highest BCUT2D eigenvalue weighted by molar-refractivity contribution is 5.38. The molecule has 0 aliphatic carbocycles. The first-order chi connectivity index (χ1) is 14.2. The maximum atomic E-state index is 6.04. The van der Waals surface area contributed by atoms with Crippen molar-refractivity contribution >= 4 is 0 Å². The zero-order valence-corrected chi connectivity index (χ0v) is 17.1. The molecule has 0 radical (unpaired) electrons. The number of fused-ring (bicyclic) bond motifs is 2. The van der Waals surface area contributed by atoms with Crippen LogP contribution >= 0.6 is 0 Å². The van der Waals surface area contributed by atoms with Gasteiger partial charge in [0.25, 0.3) is 0 Å². The summed E-state index contributed by atoms with van der Waals surface area (Å²) >= 11 is 0. The lowest BCUT2D eigenvalue weighted by Gasteiger charge is -2.29. The summed E-state index contributed by atoms with van der Waals surface area (Å²) in [4.78, 5) is 5.00. The topological polar surface area (TPSA) is 33.5 Å². The fraction of sp³-hybridized carbons (Fsp3) is 0.375. The van der Waals surface area contributed by atoms with E-state index in [0.29, 0.717) is 0 Å². The number of rotatable bonds is 4. The second-order valence-corrected chi connectivity index (χ2v) is 8.25. The largest absolute Gasteiger partial charge is 0.492 e. The molecule has 0 saturated carbocycles. The van der Waals surface area contributed by atoms with Gasteiger partial charge in [0.15, 0.2) is 0 Å². The Balaban J connectivity index is 1.29. The minimum Gasteiger partial charge on any atom is -0.492 e. The maximum Gasteiger partial charge on any atom is 0.123 e. The van der Waals surface area contributed by atoms with E-state index in [4.69, 9.17) is 4.74 Å². The van der Waals surface area contributed by atoms with Crippen LogP contribution in [0.15, 0.2) is 54.9 Å². The van der Waals surface area contributed by atoms with Crippen molar-refractivity contribution in [3.05, 3.63) is 82.7 Å². The molecule has 1 aromatic heterocycles. The average Bonchev–Trinajstić information content (AvgIpc) is 3.02. The molecule has 5 nitrogen and oxygen atoms in total.